The first kappa shape index (κ1) is 24.4. The lowest BCUT2D eigenvalue weighted by molar-refractivity contribution is -0.145. The van der Waals surface area contributed by atoms with Gasteiger partial charge in [-0.1, -0.05) is 58.4 Å². The molecular formula is C22H25BrN2O6. The predicted molar refractivity (Wildman–Crippen MR) is 117 cm³/mol. The number of methoxy groups -OCH3 is 1. The third kappa shape index (κ3) is 9.18. The predicted octanol–water partition coefficient (Wildman–Crippen LogP) is 2.33. The summed E-state index contributed by atoms with van der Waals surface area (Å²) in [6, 6.07) is 15.6. The number of amides is 2. The van der Waals surface area contributed by atoms with Crippen molar-refractivity contribution < 1.29 is 29.0 Å². The van der Waals surface area contributed by atoms with Gasteiger partial charge in [-0.3, -0.25) is 4.79 Å². The van der Waals surface area contributed by atoms with E-state index in [9.17, 15) is 19.5 Å². The number of aliphatic hydroxyl groups is 1. The molecule has 9 heteroatoms. The molecule has 0 aliphatic rings. The van der Waals surface area contributed by atoms with E-state index in [-0.39, 0.29) is 26.0 Å². The number of carbonyl (C=O) groups is 3. The summed E-state index contributed by atoms with van der Waals surface area (Å²) in [4.78, 5) is 36.0. The average molecular weight is 493 g/mol. The third-order valence-electron chi connectivity index (χ3n) is 4.27. The fourth-order valence-corrected chi connectivity index (χ4v) is 3.20. The topological polar surface area (TPSA) is 114 Å². The molecule has 0 spiro atoms. The van der Waals surface area contributed by atoms with Crippen molar-refractivity contribution in [2.24, 2.45) is 0 Å². The molecule has 8 nitrogen and oxygen atoms in total. The maximum atomic E-state index is 12.3. The van der Waals surface area contributed by atoms with Crippen molar-refractivity contribution in [1.29, 1.82) is 0 Å². The van der Waals surface area contributed by atoms with Crippen LogP contribution in [0.2, 0.25) is 0 Å². The van der Waals surface area contributed by atoms with Crippen LogP contribution < -0.4 is 10.6 Å². The van der Waals surface area contributed by atoms with Crippen molar-refractivity contribution in [3.05, 3.63) is 70.2 Å². The van der Waals surface area contributed by atoms with Crippen LogP contribution in [0, 0.1) is 0 Å². The summed E-state index contributed by atoms with van der Waals surface area (Å²) in [5.41, 5.74) is 1.66. The van der Waals surface area contributed by atoms with Gasteiger partial charge >= 0.3 is 12.1 Å². The Morgan fingerprint density at radius 2 is 1.77 bits per heavy atom. The number of benzene rings is 2. The minimum atomic E-state index is -1.14. The number of carbonyl (C=O) groups excluding carboxylic acids is 3. The van der Waals surface area contributed by atoms with Gasteiger partial charge in [0.15, 0.2) is 0 Å². The van der Waals surface area contributed by atoms with Crippen molar-refractivity contribution in [3.63, 3.8) is 0 Å². The molecule has 0 saturated carbocycles. The number of nitrogens with one attached hydrogen (secondary N) is 2. The molecule has 3 N–H and O–H groups in total. The van der Waals surface area contributed by atoms with E-state index in [1.54, 1.807) is 0 Å². The molecule has 0 radical (unpaired) electrons. The molecule has 0 aliphatic heterocycles. The first-order valence-corrected chi connectivity index (χ1v) is 10.4. The lowest BCUT2D eigenvalue weighted by Gasteiger charge is -2.18. The number of alkyl carbamates (subject to hydrolysis) is 1. The lowest BCUT2D eigenvalue weighted by Crippen LogP contribution is -2.45. The number of rotatable bonds is 10. The van der Waals surface area contributed by atoms with Gasteiger partial charge in [0.1, 0.15) is 12.6 Å². The Morgan fingerprint density at radius 1 is 1.06 bits per heavy atom. The van der Waals surface area contributed by atoms with Gasteiger partial charge in [0.2, 0.25) is 5.91 Å². The van der Waals surface area contributed by atoms with Gasteiger partial charge in [0.05, 0.1) is 19.6 Å². The van der Waals surface area contributed by atoms with E-state index in [4.69, 9.17) is 9.47 Å². The minimum absolute atomic E-state index is 0.0969. The fourth-order valence-electron chi connectivity index (χ4n) is 2.75. The second-order valence-electron chi connectivity index (χ2n) is 6.78. The minimum Gasteiger partial charge on any atom is -0.467 e. The van der Waals surface area contributed by atoms with Crippen molar-refractivity contribution in [3.8, 4) is 0 Å². The number of halogens is 1. The molecule has 0 aliphatic carbocycles. The first-order valence-electron chi connectivity index (χ1n) is 9.61. The van der Waals surface area contributed by atoms with E-state index < -0.39 is 30.1 Å². The highest BCUT2D eigenvalue weighted by Gasteiger charge is 2.23. The first-order chi connectivity index (χ1) is 14.9. The van der Waals surface area contributed by atoms with Crippen molar-refractivity contribution in [2.45, 2.75) is 31.6 Å². The van der Waals surface area contributed by atoms with E-state index in [1.165, 1.54) is 7.11 Å². The molecule has 0 unspecified atom stereocenters. The summed E-state index contributed by atoms with van der Waals surface area (Å²) in [5.74, 6) is -1.14. The zero-order valence-electron chi connectivity index (χ0n) is 17.0. The van der Waals surface area contributed by atoms with Crippen LogP contribution in [-0.2, 0) is 32.1 Å². The van der Waals surface area contributed by atoms with Gasteiger partial charge in [0.25, 0.3) is 0 Å². The van der Waals surface area contributed by atoms with Crippen LogP contribution in [0.15, 0.2) is 59.1 Å². The smallest absolute Gasteiger partial charge is 0.407 e. The van der Waals surface area contributed by atoms with Crippen LogP contribution in [-0.4, -0.2) is 48.9 Å². The standard InChI is InChI=1S/C22H25BrN2O6/c1-30-21(28)19(11-16-8-5-9-17(23)10-16)25-20(27)12-18(26)13-24-22(29)31-14-15-6-3-2-4-7-15/h2-10,18-19,26H,11-14H2,1H3,(H,24,29)(H,25,27)/t18-,19-/m0/s1. The quantitative estimate of drug-likeness (QED) is 0.438. The van der Waals surface area contributed by atoms with Gasteiger partial charge in [0, 0.05) is 17.4 Å². The van der Waals surface area contributed by atoms with Crippen molar-refractivity contribution in [2.75, 3.05) is 13.7 Å². The Morgan fingerprint density at radius 3 is 2.45 bits per heavy atom. The molecule has 2 rings (SSSR count). The third-order valence-corrected chi connectivity index (χ3v) is 4.76. The monoisotopic (exact) mass is 492 g/mol. The highest BCUT2D eigenvalue weighted by Crippen LogP contribution is 2.13. The van der Waals surface area contributed by atoms with E-state index >= 15 is 0 Å². The maximum absolute atomic E-state index is 12.3. The Bertz CT molecular complexity index is 877. The molecule has 0 saturated heterocycles. The normalized spacial score (nSPS) is 12.4. The fraction of sp³-hybridized carbons (Fsp3) is 0.318. The molecule has 0 bridgehead atoms. The number of esters is 1. The van der Waals surface area contributed by atoms with Gasteiger partial charge in [-0.15, -0.1) is 0 Å². The summed E-state index contributed by atoms with van der Waals surface area (Å²) >= 11 is 3.36. The molecule has 2 amide bonds. The van der Waals surface area contributed by atoms with Crippen LogP contribution in [0.4, 0.5) is 4.79 Å². The number of aliphatic hydroxyl groups excluding tert-OH is 1. The van der Waals surface area contributed by atoms with Gasteiger partial charge < -0.3 is 25.2 Å². The largest absolute Gasteiger partial charge is 0.467 e. The highest BCUT2D eigenvalue weighted by atomic mass is 79.9. The molecule has 0 fully saturated rings. The number of ether oxygens (including phenoxy) is 2. The Labute approximate surface area is 189 Å². The van der Waals surface area contributed by atoms with E-state index in [0.29, 0.717) is 0 Å². The lowest BCUT2D eigenvalue weighted by atomic mass is 10.1. The van der Waals surface area contributed by atoms with Crippen LogP contribution in [0.1, 0.15) is 17.5 Å². The molecule has 31 heavy (non-hydrogen) atoms. The second kappa shape index (κ2) is 12.7. The van der Waals surface area contributed by atoms with Crippen LogP contribution in [0.5, 0.6) is 0 Å². The maximum Gasteiger partial charge on any atom is 0.407 e. The van der Waals surface area contributed by atoms with E-state index in [2.05, 4.69) is 26.6 Å². The Kier molecular flexibility index (Phi) is 9.99. The van der Waals surface area contributed by atoms with Gasteiger partial charge in [-0.25, -0.2) is 9.59 Å². The number of hydrogen-bond acceptors (Lipinski definition) is 6. The van der Waals surface area contributed by atoms with Gasteiger partial charge in [-0.05, 0) is 23.3 Å². The molecule has 2 aromatic rings. The van der Waals surface area contributed by atoms with Crippen LogP contribution in [0.3, 0.4) is 0 Å². The zero-order valence-corrected chi connectivity index (χ0v) is 18.6. The zero-order chi connectivity index (χ0) is 22.6. The van der Waals surface area contributed by atoms with Gasteiger partial charge in [-0.2, -0.15) is 0 Å². The van der Waals surface area contributed by atoms with E-state index in [0.717, 1.165) is 15.6 Å². The van der Waals surface area contributed by atoms with E-state index in [1.807, 2.05) is 54.6 Å². The van der Waals surface area contributed by atoms with Crippen molar-refractivity contribution in [1.82, 2.24) is 10.6 Å². The molecule has 0 heterocycles. The highest BCUT2D eigenvalue weighted by molar-refractivity contribution is 9.10. The molecule has 166 valence electrons. The Balaban J connectivity index is 1.77. The molecule has 2 atom stereocenters. The van der Waals surface area contributed by atoms with Crippen molar-refractivity contribution >= 4 is 33.9 Å². The molecule has 2 aromatic carbocycles. The summed E-state index contributed by atoms with van der Waals surface area (Å²) in [6.45, 7) is -0.0742. The Hall–Kier alpha value is -2.91. The van der Waals surface area contributed by atoms with Crippen LogP contribution >= 0.6 is 15.9 Å². The summed E-state index contributed by atoms with van der Waals surface area (Å²) in [7, 11) is 1.24. The molecular weight excluding hydrogens is 468 g/mol. The second-order valence-corrected chi connectivity index (χ2v) is 7.69. The molecule has 0 aromatic heterocycles. The summed E-state index contributed by atoms with van der Waals surface area (Å²) in [5, 5.41) is 15.0. The summed E-state index contributed by atoms with van der Waals surface area (Å²) in [6.07, 6.45) is -1.91. The SMILES string of the molecule is COC(=O)[C@H](Cc1cccc(Br)c1)NC(=O)C[C@H](O)CNC(=O)OCc1ccccc1. The van der Waals surface area contributed by atoms with Crippen LogP contribution in [0.25, 0.3) is 0 Å². The number of hydrogen-bond donors (Lipinski definition) is 3. The average Bonchev–Trinajstić information content (AvgIpc) is 2.76. The summed E-state index contributed by atoms with van der Waals surface area (Å²) < 4.78 is 10.7.